The standard InChI is InChI=1S/C18H22ClN3OS/c19-15-5-3-14(4-6-15)13-22-9-7-16(8-10-22)21-18(23)20-12-17-2-1-11-24-17/h1-6,11,16H,7-10,12-13H2,(H2,20,21,23). The summed E-state index contributed by atoms with van der Waals surface area (Å²) in [6, 6.07) is 12.2. The summed E-state index contributed by atoms with van der Waals surface area (Å²) in [4.78, 5) is 15.6. The number of carbonyl (C=O) groups is 1. The largest absolute Gasteiger partial charge is 0.335 e. The summed E-state index contributed by atoms with van der Waals surface area (Å²) in [5, 5.41) is 8.80. The minimum absolute atomic E-state index is 0.0699. The Morgan fingerprint density at radius 3 is 2.62 bits per heavy atom. The maximum Gasteiger partial charge on any atom is 0.315 e. The molecule has 0 unspecified atom stereocenters. The van der Waals surface area contributed by atoms with E-state index in [1.807, 2.05) is 29.6 Å². The molecule has 4 nitrogen and oxygen atoms in total. The fourth-order valence-corrected chi connectivity index (χ4v) is 3.67. The lowest BCUT2D eigenvalue weighted by Gasteiger charge is -2.32. The van der Waals surface area contributed by atoms with Gasteiger partial charge in [0, 0.05) is 35.6 Å². The van der Waals surface area contributed by atoms with Crippen molar-refractivity contribution in [2.45, 2.75) is 32.0 Å². The van der Waals surface area contributed by atoms with E-state index in [9.17, 15) is 4.79 Å². The van der Waals surface area contributed by atoms with Crippen molar-refractivity contribution in [1.82, 2.24) is 15.5 Å². The Bertz CT molecular complexity index is 637. The van der Waals surface area contributed by atoms with Crippen molar-refractivity contribution in [2.24, 2.45) is 0 Å². The molecule has 2 aromatic rings. The van der Waals surface area contributed by atoms with E-state index in [0.717, 1.165) is 37.5 Å². The SMILES string of the molecule is O=C(NCc1cccs1)NC1CCN(Cc2ccc(Cl)cc2)CC1. The van der Waals surface area contributed by atoms with Crippen LogP contribution in [0.15, 0.2) is 41.8 Å². The number of rotatable bonds is 5. The molecule has 1 fully saturated rings. The second-order valence-electron chi connectivity index (χ2n) is 6.08. The zero-order chi connectivity index (χ0) is 16.8. The second kappa shape index (κ2) is 8.51. The van der Waals surface area contributed by atoms with Gasteiger partial charge in [-0.1, -0.05) is 29.8 Å². The van der Waals surface area contributed by atoms with Crippen molar-refractivity contribution < 1.29 is 4.79 Å². The van der Waals surface area contributed by atoms with Gasteiger partial charge >= 0.3 is 6.03 Å². The average molecular weight is 364 g/mol. The molecule has 24 heavy (non-hydrogen) atoms. The molecule has 128 valence electrons. The molecule has 0 atom stereocenters. The van der Waals surface area contributed by atoms with E-state index in [4.69, 9.17) is 11.6 Å². The number of amides is 2. The lowest BCUT2D eigenvalue weighted by Crippen LogP contribution is -2.47. The van der Waals surface area contributed by atoms with Crippen LogP contribution in [0.25, 0.3) is 0 Å². The number of halogens is 1. The molecule has 1 aliphatic heterocycles. The second-order valence-corrected chi connectivity index (χ2v) is 7.55. The zero-order valence-electron chi connectivity index (χ0n) is 13.5. The van der Waals surface area contributed by atoms with Gasteiger partial charge in [-0.05, 0) is 42.0 Å². The Balaban J connectivity index is 1.37. The van der Waals surface area contributed by atoms with E-state index < -0.39 is 0 Å². The minimum atomic E-state index is -0.0699. The summed E-state index contributed by atoms with van der Waals surface area (Å²) in [5.41, 5.74) is 1.28. The summed E-state index contributed by atoms with van der Waals surface area (Å²) >= 11 is 7.58. The van der Waals surface area contributed by atoms with Crippen LogP contribution in [0.1, 0.15) is 23.3 Å². The molecule has 2 heterocycles. The molecule has 2 amide bonds. The molecule has 3 rings (SSSR count). The van der Waals surface area contributed by atoms with E-state index in [0.29, 0.717) is 6.54 Å². The first kappa shape index (κ1) is 17.3. The van der Waals surface area contributed by atoms with Crippen molar-refractivity contribution in [1.29, 1.82) is 0 Å². The highest BCUT2D eigenvalue weighted by atomic mass is 35.5. The smallest absolute Gasteiger partial charge is 0.315 e. The fraction of sp³-hybridized carbons (Fsp3) is 0.389. The lowest BCUT2D eigenvalue weighted by atomic mass is 10.0. The van der Waals surface area contributed by atoms with Gasteiger partial charge in [0.2, 0.25) is 0 Å². The number of piperidine rings is 1. The molecule has 1 aromatic carbocycles. The van der Waals surface area contributed by atoms with Gasteiger partial charge in [-0.15, -0.1) is 11.3 Å². The number of hydrogen-bond acceptors (Lipinski definition) is 3. The number of hydrogen-bond donors (Lipinski definition) is 2. The van der Waals surface area contributed by atoms with E-state index in [2.05, 4.69) is 27.7 Å². The highest BCUT2D eigenvalue weighted by Gasteiger charge is 2.20. The van der Waals surface area contributed by atoms with Crippen LogP contribution >= 0.6 is 22.9 Å². The van der Waals surface area contributed by atoms with E-state index >= 15 is 0 Å². The van der Waals surface area contributed by atoms with Gasteiger partial charge in [-0.2, -0.15) is 0 Å². The van der Waals surface area contributed by atoms with Gasteiger partial charge in [0.25, 0.3) is 0 Å². The van der Waals surface area contributed by atoms with Gasteiger partial charge in [0.05, 0.1) is 6.54 Å². The summed E-state index contributed by atoms with van der Waals surface area (Å²) < 4.78 is 0. The first-order valence-corrected chi connectivity index (χ1v) is 9.48. The molecule has 2 N–H and O–H groups in total. The molecule has 0 aliphatic carbocycles. The number of likely N-dealkylation sites (tertiary alicyclic amines) is 1. The molecule has 6 heteroatoms. The first-order valence-electron chi connectivity index (χ1n) is 8.22. The summed E-state index contributed by atoms with van der Waals surface area (Å²) in [6.07, 6.45) is 1.97. The molecule has 0 saturated carbocycles. The Kier molecular flexibility index (Phi) is 6.12. The van der Waals surface area contributed by atoms with Crippen LogP contribution in [-0.4, -0.2) is 30.1 Å². The summed E-state index contributed by atoms with van der Waals surface area (Å²) in [7, 11) is 0. The molecule has 0 radical (unpaired) electrons. The van der Waals surface area contributed by atoms with Crippen LogP contribution in [0.3, 0.4) is 0 Å². The molecular formula is C18H22ClN3OS. The predicted octanol–water partition coefficient (Wildman–Crippen LogP) is 3.87. The maximum atomic E-state index is 12.0. The van der Waals surface area contributed by atoms with E-state index in [1.54, 1.807) is 11.3 Å². The highest BCUT2D eigenvalue weighted by molar-refractivity contribution is 7.09. The molecule has 0 spiro atoms. The van der Waals surface area contributed by atoms with Crippen molar-refractivity contribution in [2.75, 3.05) is 13.1 Å². The normalized spacial score (nSPS) is 16.0. The van der Waals surface area contributed by atoms with Crippen molar-refractivity contribution in [3.8, 4) is 0 Å². The summed E-state index contributed by atoms with van der Waals surface area (Å²) in [5.74, 6) is 0. The number of carbonyl (C=O) groups excluding carboxylic acids is 1. The minimum Gasteiger partial charge on any atom is -0.335 e. The maximum absolute atomic E-state index is 12.0. The number of nitrogens with zero attached hydrogens (tertiary/aromatic N) is 1. The van der Waals surface area contributed by atoms with Gasteiger partial charge in [-0.25, -0.2) is 4.79 Å². The van der Waals surface area contributed by atoms with Crippen LogP contribution in [-0.2, 0) is 13.1 Å². The van der Waals surface area contributed by atoms with Gasteiger partial charge in [-0.3, -0.25) is 4.90 Å². The average Bonchev–Trinajstić information content (AvgIpc) is 3.10. The molecule has 1 saturated heterocycles. The third-order valence-corrected chi connectivity index (χ3v) is 5.37. The van der Waals surface area contributed by atoms with Crippen LogP contribution in [0.2, 0.25) is 5.02 Å². The molecule has 1 aromatic heterocycles. The van der Waals surface area contributed by atoms with Gasteiger partial charge < -0.3 is 10.6 Å². The van der Waals surface area contributed by atoms with Gasteiger partial charge in [0.15, 0.2) is 0 Å². The van der Waals surface area contributed by atoms with E-state index in [1.165, 1.54) is 10.4 Å². The molecular weight excluding hydrogens is 342 g/mol. The van der Waals surface area contributed by atoms with Crippen molar-refractivity contribution in [3.05, 3.63) is 57.2 Å². The third kappa shape index (κ3) is 5.23. The quantitative estimate of drug-likeness (QED) is 0.847. The lowest BCUT2D eigenvalue weighted by molar-refractivity contribution is 0.186. The van der Waals surface area contributed by atoms with Crippen molar-refractivity contribution >= 4 is 29.0 Å². The van der Waals surface area contributed by atoms with E-state index in [-0.39, 0.29) is 12.1 Å². The summed E-state index contributed by atoms with van der Waals surface area (Å²) in [6.45, 7) is 3.53. The zero-order valence-corrected chi connectivity index (χ0v) is 15.1. The van der Waals surface area contributed by atoms with Crippen molar-refractivity contribution in [3.63, 3.8) is 0 Å². The number of thiophene rings is 1. The monoisotopic (exact) mass is 363 g/mol. The highest BCUT2D eigenvalue weighted by Crippen LogP contribution is 2.16. The third-order valence-electron chi connectivity index (χ3n) is 4.25. The predicted molar refractivity (Wildman–Crippen MR) is 99.4 cm³/mol. The first-order chi connectivity index (χ1) is 11.7. The van der Waals surface area contributed by atoms with Crippen LogP contribution in [0.5, 0.6) is 0 Å². The number of nitrogens with one attached hydrogen (secondary N) is 2. The topological polar surface area (TPSA) is 44.4 Å². The Hall–Kier alpha value is -1.56. The Labute approximate surface area is 151 Å². The van der Waals surface area contributed by atoms with Crippen LogP contribution in [0.4, 0.5) is 4.79 Å². The van der Waals surface area contributed by atoms with Gasteiger partial charge in [0.1, 0.15) is 0 Å². The molecule has 0 bridgehead atoms. The Morgan fingerprint density at radius 1 is 1.21 bits per heavy atom. The number of benzene rings is 1. The fourth-order valence-electron chi connectivity index (χ4n) is 2.90. The number of urea groups is 1. The Morgan fingerprint density at radius 2 is 1.96 bits per heavy atom. The molecule has 1 aliphatic rings. The van der Waals surface area contributed by atoms with Crippen LogP contribution < -0.4 is 10.6 Å². The van der Waals surface area contributed by atoms with Crippen LogP contribution in [0, 0.1) is 0 Å².